The van der Waals surface area contributed by atoms with Crippen LogP contribution in [0, 0.1) is 6.92 Å². The van der Waals surface area contributed by atoms with E-state index in [2.05, 4.69) is 19.1 Å². The zero-order valence-electron chi connectivity index (χ0n) is 8.20. The highest BCUT2D eigenvalue weighted by Crippen LogP contribution is 2.10. The summed E-state index contributed by atoms with van der Waals surface area (Å²) in [5, 5.41) is 9.25. The van der Waals surface area contributed by atoms with Gasteiger partial charge < -0.3 is 10.8 Å². The highest BCUT2D eigenvalue weighted by molar-refractivity contribution is 5.26. The van der Waals surface area contributed by atoms with Crippen LogP contribution < -0.4 is 5.73 Å². The minimum absolute atomic E-state index is 0.166. The number of hydrogen-bond donors (Lipinski definition) is 2. The minimum atomic E-state index is -0.445. The predicted octanol–water partition coefficient (Wildman–Crippen LogP) is 1.25. The van der Waals surface area contributed by atoms with Gasteiger partial charge in [0.25, 0.3) is 0 Å². The molecule has 0 spiro atoms. The van der Waals surface area contributed by atoms with Crippen LogP contribution in [0.3, 0.4) is 0 Å². The lowest BCUT2D eigenvalue weighted by Gasteiger charge is -2.15. The minimum Gasteiger partial charge on any atom is -0.392 e. The number of aryl methyl sites for hydroxylation is 1. The molecule has 2 unspecified atom stereocenters. The Hall–Kier alpha value is -0.860. The van der Waals surface area contributed by atoms with Crippen molar-refractivity contribution in [2.45, 2.75) is 32.4 Å². The van der Waals surface area contributed by atoms with Crippen molar-refractivity contribution in [3.05, 3.63) is 35.4 Å². The van der Waals surface area contributed by atoms with Gasteiger partial charge >= 0.3 is 0 Å². The van der Waals surface area contributed by atoms with E-state index in [0.717, 1.165) is 6.42 Å². The first-order valence-electron chi connectivity index (χ1n) is 4.59. The number of aliphatic hydroxyl groups excluding tert-OH is 1. The maximum atomic E-state index is 9.25. The molecule has 1 rings (SSSR count). The molecule has 0 saturated heterocycles. The molecular weight excluding hydrogens is 162 g/mol. The van der Waals surface area contributed by atoms with E-state index in [1.807, 2.05) is 12.1 Å². The second-order valence-corrected chi connectivity index (χ2v) is 3.54. The number of rotatable bonds is 3. The van der Waals surface area contributed by atoms with Crippen LogP contribution in [0.5, 0.6) is 0 Å². The normalized spacial score (nSPS) is 15.4. The molecule has 0 saturated carbocycles. The van der Waals surface area contributed by atoms with Gasteiger partial charge in [-0.05, 0) is 31.4 Å². The molecule has 2 heteroatoms. The van der Waals surface area contributed by atoms with Gasteiger partial charge in [0.15, 0.2) is 0 Å². The van der Waals surface area contributed by atoms with Crippen molar-refractivity contribution < 1.29 is 5.11 Å². The monoisotopic (exact) mass is 179 g/mol. The molecule has 72 valence electrons. The summed E-state index contributed by atoms with van der Waals surface area (Å²) in [7, 11) is 0. The van der Waals surface area contributed by atoms with Crippen molar-refractivity contribution in [1.29, 1.82) is 0 Å². The Morgan fingerprint density at radius 3 is 2.54 bits per heavy atom. The van der Waals surface area contributed by atoms with Crippen molar-refractivity contribution in [2.75, 3.05) is 0 Å². The van der Waals surface area contributed by atoms with Crippen molar-refractivity contribution in [2.24, 2.45) is 5.73 Å². The lowest BCUT2D eigenvalue weighted by atomic mass is 9.99. The molecular formula is C11H17NO. The topological polar surface area (TPSA) is 46.2 Å². The Bertz CT molecular complexity index is 271. The van der Waals surface area contributed by atoms with Gasteiger partial charge in [0.1, 0.15) is 0 Å². The van der Waals surface area contributed by atoms with Crippen molar-refractivity contribution in [1.82, 2.24) is 0 Å². The molecule has 0 aromatic heterocycles. The molecule has 0 heterocycles. The van der Waals surface area contributed by atoms with Crippen LogP contribution in [0.1, 0.15) is 18.1 Å². The molecule has 13 heavy (non-hydrogen) atoms. The molecule has 1 aromatic carbocycles. The van der Waals surface area contributed by atoms with Gasteiger partial charge in [-0.3, -0.25) is 0 Å². The molecule has 0 aliphatic carbocycles. The van der Waals surface area contributed by atoms with E-state index in [1.54, 1.807) is 6.92 Å². The first kappa shape index (κ1) is 10.2. The maximum absolute atomic E-state index is 9.25. The lowest BCUT2D eigenvalue weighted by molar-refractivity contribution is 0.163. The molecule has 0 fully saturated rings. The van der Waals surface area contributed by atoms with Gasteiger partial charge in [0, 0.05) is 6.04 Å². The first-order valence-corrected chi connectivity index (χ1v) is 4.59. The van der Waals surface area contributed by atoms with E-state index >= 15 is 0 Å². The summed E-state index contributed by atoms with van der Waals surface area (Å²) in [5.74, 6) is 0. The van der Waals surface area contributed by atoms with Gasteiger partial charge in [-0.15, -0.1) is 0 Å². The van der Waals surface area contributed by atoms with E-state index in [9.17, 15) is 5.11 Å². The Kier molecular flexibility index (Phi) is 3.46. The van der Waals surface area contributed by atoms with E-state index < -0.39 is 6.10 Å². The fourth-order valence-electron chi connectivity index (χ4n) is 1.26. The fraction of sp³-hybridized carbons (Fsp3) is 0.455. The SMILES string of the molecule is Cc1ccccc1CC(N)C(C)O. The summed E-state index contributed by atoms with van der Waals surface area (Å²) in [4.78, 5) is 0. The third-order valence-electron chi connectivity index (χ3n) is 2.34. The zero-order valence-corrected chi connectivity index (χ0v) is 8.20. The zero-order chi connectivity index (χ0) is 9.84. The van der Waals surface area contributed by atoms with E-state index in [4.69, 9.17) is 5.73 Å². The third kappa shape index (κ3) is 2.83. The quantitative estimate of drug-likeness (QED) is 0.733. The van der Waals surface area contributed by atoms with Crippen LogP contribution in [-0.4, -0.2) is 17.3 Å². The van der Waals surface area contributed by atoms with Crippen molar-refractivity contribution in [3.8, 4) is 0 Å². The number of hydrogen-bond acceptors (Lipinski definition) is 2. The smallest absolute Gasteiger partial charge is 0.0666 e. The predicted molar refractivity (Wildman–Crippen MR) is 54.5 cm³/mol. The van der Waals surface area contributed by atoms with Gasteiger partial charge in [-0.2, -0.15) is 0 Å². The second-order valence-electron chi connectivity index (χ2n) is 3.54. The standard InChI is InChI=1S/C11H17NO/c1-8-5-3-4-6-10(8)7-11(12)9(2)13/h3-6,9,11,13H,7,12H2,1-2H3. The molecule has 0 radical (unpaired) electrons. The Morgan fingerprint density at radius 2 is 2.00 bits per heavy atom. The summed E-state index contributed by atoms with van der Waals surface area (Å²) in [6, 6.07) is 7.95. The summed E-state index contributed by atoms with van der Waals surface area (Å²) >= 11 is 0. The van der Waals surface area contributed by atoms with Gasteiger partial charge in [-0.1, -0.05) is 24.3 Å². The number of nitrogens with two attached hydrogens (primary N) is 1. The van der Waals surface area contributed by atoms with Crippen LogP contribution in [-0.2, 0) is 6.42 Å². The average molecular weight is 179 g/mol. The van der Waals surface area contributed by atoms with Crippen LogP contribution in [0.15, 0.2) is 24.3 Å². The summed E-state index contributed by atoms with van der Waals surface area (Å²) in [6.07, 6.45) is 0.296. The van der Waals surface area contributed by atoms with Crippen LogP contribution >= 0.6 is 0 Å². The van der Waals surface area contributed by atoms with E-state index in [1.165, 1.54) is 11.1 Å². The molecule has 0 amide bonds. The van der Waals surface area contributed by atoms with Crippen molar-refractivity contribution in [3.63, 3.8) is 0 Å². The lowest BCUT2D eigenvalue weighted by Crippen LogP contribution is -2.34. The summed E-state index contributed by atoms with van der Waals surface area (Å²) in [6.45, 7) is 3.78. The number of benzene rings is 1. The summed E-state index contributed by atoms with van der Waals surface area (Å²) in [5.41, 5.74) is 8.22. The Balaban J connectivity index is 2.69. The van der Waals surface area contributed by atoms with E-state index in [-0.39, 0.29) is 6.04 Å². The molecule has 2 nitrogen and oxygen atoms in total. The van der Waals surface area contributed by atoms with E-state index in [0.29, 0.717) is 0 Å². The van der Waals surface area contributed by atoms with Gasteiger partial charge in [-0.25, -0.2) is 0 Å². The molecule has 3 N–H and O–H groups in total. The third-order valence-corrected chi connectivity index (χ3v) is 2.34. The second kappa shape index (κ2) is 4.40. The number of aliphatic hydroxyl groups is 1. The van der Waals surface area contributed by atoms with Gasteiger partial charge in [0.2, 0.25) is 0 Å². The average Bonchev–Trinajstić information content (AvgIpc) is 2.08. The van der Waals surface area contributed by atoms with Crippen LogP contribution in [0.2, 0.25) is 0 Å². The van der Waals surface area contributed by atoms with Gasteiger partial charge in [0.05, 0.1) is 6.10 Å². The Labute approximate surface area is 79.4 Å². The first-order chi connectivity index (χ1) is 6.11. The Morgan fingerprint density at radius 1 is 1.38 bits per heavy atom. The summed E-state index contributed by atoms with van der Waals surface area (Å²) < 4.78 is 0. The molecule has 2 atom stereocenters. The highest BCUT2D eigenvalue weighted by Gasteiger charge is 2.10. The fourth-order valence-corrected chi connectivity index (χ4v) is 1.26. The van der Waals surface area contributed by atoms with Crippen LogP contribution in [0.25, 0.3) is 0 Å². The molecule has 0 bridgehead atoms. The highest BCUT2D eigenvalue weighted by atomic mass is 16.3. The molecule has 0 aliphatic heterocycles. The van der Waals surface area contributed by atoms with Crippen LogP contribution in [0.4, 0.5) is 0 Å². The maximum Gasteiger partial charge on any atom is 0.0666 e. The molecule has 0 aliphatic rings. The molecule has 1 aromatic rings. The van der Waals surface area contributed by atoms with Crippen molar-refractivity contribution >= 4 is 0 Å². The largest absolute Gasteiger partial charge is 0.392 e.